The van der Waals surface area contributed by atoms with Gasteiger partial charge in [-0.05, 0) is 0 Å². The van der Waals surface area contributed by atoms with Crippen molar-refractivity contribution in [1.29, 1.82) is 0 Å². The van der Waals surface area contributed by atoms with Gasteiger partial charge in [-0.1, -0.05) is 0 Å². The molecule has 0 saturated heterocycles. The Balaban J connectivity index is -0.000000240. The summed E-state index contributed by atoms with van der Waals surface area (Å²) in [7, 11) is 0. The van der Waals surface area contributed by atoms with Gasteiger partial charge in [0.15, 0.2) is 5.60 Å². The van der Waals surface area contributed by atoms with Gasteiger partial charge in [0.25, 0.3) is 0 Å². The summed E-state index contributed by atoms with van der Waals surface area (Å²) in [5, 5.41) is 33.8. The first kappa shape index (κ1) is 20.7. The van der Waals surface area contributed by atoms with Crippen molar-refractivity contribution in [3.63, 3.8) is 0 Å². The van der Waals surface area contributed by atoms with Crippen molar-refractivity contribution in [2.24, 2.45) is 0 Å². The van der Waals surface area contributed by atoms with E-state index < -0.39 is 36.4 Å². The largest absolute Gasteiger partial charge is 1.00 e. The summed E-state index contributed by atoms with van der Waals surface area (Å²) >= 11 is 0. The maximum atomic E-state index is 10.3. The second kappa shape index (κ2) is 8.45. The number of hydrogen-bond acceptors (Lipinski definition) is 4. The molecular formula is C6H10ClKO7. The van der Waals surface area contributed by atoms with Gasteiger partial charge in [-0.25, -0.2) is 4.79 Å². The van der Waals surface area contributed by atoms with E-state index in [1.165, 1.54) is 0 Å². The average Bonchev–Trinajstić information content (AvgIpc) is 1.82. The van der Waals surface area contributed by atoms with Crippen LogP contribution in [0.2, 0.25) is 0 Å². The zero-order valence-electron chi connectivity index (χ0n) is 8.84. The SMILES string of the molecule is Cl.O=C(O)CC(O)(CC(=O)O)C(=O)O.[H-].[K+]. The molecule has 0 aliphatic heterocycles. The van der Waals surface area contributed by atoms with Crippen molar-refractivity contribution in [2.45, 2.75) is 18.4 Å². The van der Waals surface area contributed by atoms with Crippen LogP contribution in [0, 0.1) is 0 Å². The Hall–Kier alpha value is 0.296. The Labute approximate surface area is 135 Å². The number of carbonyl (C=O) groups is 3. The molecule has 0 atom stereocenters. The first-order chi connectivity index (χ1) is 5.78. The molecule has 0 rings (SSSR count). The number of carboxylic acids is 3. The molecule has 7 nitrogen and oxygen atoms in total. The quantitative estimate of drug-likeness (QED) is 0.377. The van der Waals surface area contributed by atoms with Gasteiger partial charge in [-0.2, -0.15) is 0 Å². The molecule has 0 heterocycles. The molecule has 0 aliphatic rings. The summed E-state index contributed by atoms with van der Waals surface area (Å²) in [4.78, 5) is 30.5. The number of carboxylic acid groups (broad SMARTS) is 3. The first-order valence-electron chi connectivity index (χ1n) is 3.17. The second-order valence-electron chi connectivity index (χ2n) is 2.48. The smallest absolute Gasteiger partial charge is 1.00 e. The fourth-order valence-corrected chi connectivity index (χ4v) is 0.714. The van der Waals surface area contributed by atoms with Crippen LogP contribution < -0.4 is 51.4 Å². The summed E-state index contributed by atoms with van der Waals surface area (Å²) in [5.41, 5.74) is -2.74. The van der Waals surface area contributed by atoms with E-state index in [0.29, 0.717) is 0 Å². The molecule has 0 aromatic carbocycles. The van der Waals surface area contributed by atoms with Gasteiger partial charge in [0.1, 0.15) is 0 Å². The molecule has 15 heavy (non-hydrogen) atoms. The maximum Gasteiger partial charge on any atom is 1.00 e. The van der Waals surface area contributed by atoms with Crippen LogP contribution in [0.15, 0.2) is 0 Å². The Morgan fingerprint density at radius 2 is 1.27 bits per heavy atom. The normalized spacial score (nSPS) is 9.40. The van der Waals surface area contributed by atoms with E-state index in [4.69, 9.17) is 20.4 Å². The summed E-state index contributed by atoms with van der Waals surface area (Å²) < 4.78 is 0. The van der Waals surface area contributed by atoms with Crippen LogP contribution >= 0.6 is 12.4 Å². The Morgan fingerprint density at radius 1 is 1.00 bits per heavy atom. The van der Waals surface area contributed by atoms with Gasteiger partial charge in [0.05, 0.1) is 12.8 Å². The third kappa shape index (κ3) is 8.14. The topological polar surface area (TPSA) is 132 Å². The minimum absolute atomic E-state index is 0. The Kier molecular flexibility index (Phi) is 11.6. The van der Waals surface area contributed by atoms with Gasteiger partial charge in [0, 0.05) is 0 Å². The number of rotatable bonds is 5. The summed E-state index contributed by atoms with van der Waals surface area (Å²) in [6, 6.07) is 0. The number of halogens is 1. The Morgan fingerprint density at radius 3 is 1.40 bits per heavy atom. The van der Waals surface area contributed by atoms with Crippen LogP contribution in [-0.4, -0.2) is 43.9 Å². The first-order valence-corrected chi connectivity index (χ1v) is 3.17. The summed E-state index contributed by atoms with van der Waals surface area (Å²) in [6.45, 7) is 0. The van der Waals surface area contributed by atoms with Crippen molar-refractivity contribution in [3.05, 3.63) is 0 Å². The molecule has 9 heteroatoms. The molecular weight excluding hydrogens is 259 g/mol. The fraction of sp³-hybridized carbons (Fsp3) is 0.500. The predicted molar refractivity (Wildman–Crippen MR) is 45.5 cm³/mol. The van der Waals surface area contributed by atoms with Crippen LogP contribution in [0.25, 0.3) is 0 Å². The van der Waals surface area contributed by atoms with E-state index in [2.05, 4.69) is 0 Å². The van der Waals surface area contributed by atoms with Gasteiger partial charge in [0.2, 0.25) is 0 Å². The third-order valence-electron chi connectivity index (χ3n) is 1.29. The van der Waals surface area contributed by atoms with Crippen molar-refractivity contribution in [1.82, 2.24) is 0 Å². The third-order valence-corrected chi connectivity index (χ3v) is 1.29. The molecule has 84 valence electrons. The zero-order chi connectivity index (χ0) is 10.6. The van der Waals surface area contributed by atoms with Crippen molar-refractivity contribution < 1.29 is 87.6 Å². The van der Waals surface area contributed by atoms with Gasteiger partial charge in [-0.15, -0.1) is 12.4 Å². The monoisotopic (exact) mass is 268 g/mol. The van der Waals surface area contributed by atoms with E-state index >= 15 is 0 Å². The van der Waals surface area contributed by atoms with Crippen LogP contribution in [0.4, 0.5) is 0 Å². The summed E-state index contributed by atoms with van der Waals surface area (Å²) in [6.07, 6.45) is -2.29. The van der Waals surface area contributed by atoms with Gasteiger partial charge in [-0.3, -0.25) is 9.59 Å². The molecule has 0 fully saturated rings. The summed E-state index contributed by atoms with van der Waals surface area (Å²) in [5.74, 6) is -5.02. The number of aliphatic hydroxyl groups is 1. The molecule has 0 aliphatic carbocycles. The zero-order valence-corrected chi connectivity index (χ0v) is 11.8. The molecule has 0 saturated carbocycles. The van der Waals surface area contributed by atoms with Crippen LogP contribution in [-0.2, 0) is 14.4 Å². The van der Waals surface area contributed by atoms with Crippen LogP contribution in [0.3, 0.4) is 0 Å². The molecule has 0 radical (unpaired) electrons. The second-order valence-corrected chi connectivity index (χ2v) is 2.48. The molecule has 0 aromatic heterocycles. The van der Waals surface area contributed by atoms with E-state index in [1.54, 1.807) is 0 Å². The molecule has 0 bridgehead atoms. The van der Waals surface area contributed by atoms with Gasteiger partial charge >= 0.3 is 69.3 Å². The van der Waals surface area contributed by atoms with E-state index in [-0.39, 0.29) is 65.2 Å². The fourth-order valence-electron chi connectivity index (χ4n) is 0.714. The minimum atomic E-state index is -2.74. The maximum absolute atomic E-state index is 10.3. The van der Waals surface area contributed by atoms with Gasteiger partial charge < -0.3 is 21.9 Å². The van der Waals surface area contributed by atoms with Crippen molar-refractivity contribution in [2.75, 3.05) is 0 Å². The molecule has 0 unspecified atom stereocenters. The number of hydrogen-bond donors (Lipinski definition) is 4. The minimum Gasteiger partial charge on any atom is -1.00 e. The average molecular weight is 269 g/mol. The van der Waals surface area contributed by atoms with E-state index in [0.717, 1.165) is 0 Å². The van der Waals surface area contributed by atoms with Crippen molar-refractivity contribution in [3.8, 4) is 0 Å². The Bertz CT molecular complexity index is 243. The van der Waals surface area contributed by atoms with E-state index in [9.17, 15) is 14.4 Å². The molecule has 0 amide bonds. The van der Waals surface area contributed by atoms with E-state index in [1.807, 2.05) is 0 Å². The van der Waals surface area contributed by atoms with Crippen LogP contribution in [0.5, 0.6) is 0 Å². The predicted octanol–water partition coefficient (Wildman–Crippen LogP) is -3.71. The molecule has 0 aromatic rings. The number of aliphatic carboxylic acids is 3. The van der Waals surface area contributed by atoms with Crippen molar-refractivity contribution >= 4 is 30.3 Å². The molecule has 0 spiro atoms. The molecule has 4 N–H and O–H groups in total. The standard InChI is InChI=1S/C6H8O7.ClH.K.H/c7-3(8)1-6(13,5(11)12)2-4(9)10;;;/h13H,1-2H2,(H,7,8)(H,9,10)(H,11,12);1H;;/q;;+1;-1. The van der Waals surface area contributed by atoms with Crippen LogP contribution in [0.1, 0.15) is 14.3 Å².